The molecule has 1 aliphatic rings. The molecule has 1 atom stereocenters. The Bertz CT molecular complexity index is 210. The van der Waals surface area contributed by atoms with Gasteiger partial charge in [-0.3, -0.25) is 0 Å². The van der Waals surface area contributed by atoms with E-state index < -0.39 is 5.60 Å². The van der Waals surface area contributed by atoms with Gasteiger partial charge < -0.3 is 10.4 Å². The van der Waals surface area contributed by atoms with Gasteiger partial charge in [-0.1, -0.05) is 12.2 Å². The summed E-state index contributed by atoms with van der Waals surface area (Å²) in [6, 6.07) is 0. The first kappa shape index (κ1) is 14.1. The first-order valence-corrected chi connectivity index (χ1v) is 7.39. The van der Waals surface area contributed by atoms with Gasteiger partial charge in [0.15, 0.2) is 0 Å². The molecule has 0 aromatic rings. The number of hydrogen-bond acceptors (Lipinski definition) is 3. The summed E-state index contributed by atoms with van der Waals surface area (Å²) in [6.07, 6.45) is 8.42. The van der Waals surface area contributed by atoms with Crippen molar-refractivity contribution >= 4 is 11.8 Å². The quantitative estimate of drug-likeness (QED) is 0.532. The number of rotatable bonds is 7. The number of nitrogens with one attached hydrogen (secondary N) is 1. The number of aliphatic hydroxyl groups is 1. The molecule has 0 unspecified atom stereocenters. The van der Waals surface area contributed by atoms with Gasteiger partial charge in [-0.25, -0.2) is 0 Å². The maximum absolute atomic E-state index is 9.53. The van der Waals surface area contributed by atoms with Crippen molar-refractivity contribution in [3.8, 4) is 0 Å². The highest BCUT2D eigenvalue weighted by Gasteiger charge is 2.12. The fraction of sp³-hybridized carbons (Fsp3) is 0.846. The molecule has 1 aliphatic carbocycles. The van der Waals surface area contributed by atoms with Gasteiger partial charge in [-0.15, -0.1) is 0 Å². The highest BCUT2D eigenvalue weighted by atomic mass is 32.2. The Morgan fingerprint density at radius 3 is 2.88 bits per heavy atom. The minimum atomic E-state index is -0.529. The van der Waals surface area contributed by atoms with Crippen LogP contribution in [0.5, 0.6) is 0 Å². The van der Waals surface area contributed by atoms with E-state index in [0.29, 0.717) is 0 Å². The molecule has 0 aromatic carbocycles. The minimum absolute atomic E-state index is 0.529. The summed E-state index contributed by atoms with van der Waals surface area (Å²) in [5.74, 6) is 2.75. The van der Waals surface area contributed by atoms with Gasteiger partial charge >= 0.3 is 0 Å². The van der Waals surface area contributed by atoms with E-state index >= 15 is 0 Å². The van der Waals surface area contributed by atoms with Gasteiger partial charge in [0.05, 0.1) is 5.60 Å². The van der Waals surface area contributed by atoms with Crippen LogP contribution in [0.15, 0.2) is 12.2 Å². The molecule has 0 amide bonds. The summed E-state index contributed by atoms with van der Waals surface area (Å²) in [6.45, 7) is 5.93. The van der Waals surface area contributed by atoms with Crippen molar-refractivity contribution in [3.63, 3.8) is 0 Å². The van der Waals surface area contributed by atoms with E-state index in [0.717, 1.165) is 30.5 Å². The Labute approximate surface area is 104 Å². The molecule has 1 rings (SSSR count). The van der Waals surface area contributed by atoms with Crippen LogP contribution in [0.4, 0.5) is 0 Å². The summed E-state index contributed by atoms with van der Waals surface area (Å²) < 4.78 is 0. The smallest absolute Gasteiger partial charge is 0.0681 e. The van der Waals surface area contributed by atoms with Crippen LogP contribution < -0.4 is 5.32 Å². The third kappa shape index (κ3) is 7.31. The van der Waals surface area contributed by atoms with Crippen LogP contribution in [0, 0.1) is 5.92 Å². The number of thioether (sulfide) groups is 1. The van der Waals surface area contributed by atoms with Crippen molar-refractivity contribution < 1.29 is 5.11 Å². The first-order valence-electron chi connectivity index (χ1n) is 6.24. The fourth-order valence-corrected chi connectivity index (χ4v) is 2.75. The van der Waals surface area contributed by atoms with E-state index in [9.17, 15) is 5.11 Å². The summed E-state index contributed by atoms with van der Waals surface area (Å²) in [5, 5.41) is 13.0. The van der Waals surface area contributed by atoms with Crippen molar-refractivity contribution in [1.29, 1.82) is 0 Å². The van der Waals surface area contributed by atoms with Crippen molar-refractivity contribution in [2.24, 2.45) is 5.92 Å². The third-order valence-corrected chi connectivity index (χ3v) is 4.09. The second-order valence-electron chi connectivity index (χ2n) is 5.22. The molecule has 0 radical (unpaired) electrons. The van der Waals surface area contributed by atoms with E-state index in [1.165, 1.54) is 19.3 Å². The molecule has 0 bridgehead atoms. The Hall–Kier alpha value is 0.0100. The summed E-state index contributed by atoms with van der Waals surface area (Å²) in [4.78, 5) is 0. The van der Waals surface area contributed by atoms with Gasteiger partial charge in [0.25, 0.3) is 0 Å². The summed E-state index contributed by atoms with van der Waals surface area (Å²) >= 11 is 1.82. The topological polar surface area (TPSA) is 32.3 Å². The molecule has 0 aromatic heterocycles. The first-order chi connectivity index (χ1) is 7.58. The van der Waals surface area contributed by atoms with Crippen LogP contribution in [0.25, 0.3) is 0 Å². The van der Waals surface area contributed by atoms with Crippen molar-refractivity contribution in [3.05, 3.63) is 12.2 Å². The molecular weight excluding hydrogens is 218 g/mol. The number of allylic oxidation sites excluding steroid dienone is 2. The van der Waals surface area contributed by atoms with E-state index in [1.54, 1.807) is 0 Å². The Morgan fingerprint density at radius 2 is 2.25 bits per heavy atom. The lowest BCUT2D eigenvalue weighted by atomic mass is 9.94. The van der Waals surface area contributed by atoms with E-state index in [-0.39, 0.29) is 0 Å². The normalized spacial score (nSPS) is 21.3. The van der Waals surface area contributed by atoms with Gasteiger partial charge in [-0.2, -0.15) is 11.8 Å². The average molecular weight is 243 g/mol. The zero-order chi connectivity index (χ0) is 11.9. The number of hydrogen-bond donors (Lipinski definition) is 2. The minimum Gasteiger partial charge on any atom is -0.390 e. The average Bonchev–Trinajstić information content (AvgIpc) is 2.23. The highest BCUT2D eigenvalue weighted by Crippen LogP contribution is 2.17. The van der Waals surface area contributed by atoms with Gasteiger partial charge in [0.1, 0.15) is 0 Å². The summed E-state index contributed by atoms with van der Waals surface area (Å²) in [7, 11) is 0. The predicted molar refractivity (Wildman–Crippen MR) is 73.0 cm³/mol. The van der Waals surface area contributed by atoms with Crippen LogP contribution in [0.3, 0.4) is 0 Å². The molecule has 16 heavy (non-hydrogen) atoms. The lowest BCUT2D eigenvalue weighted by Crippen LogP contribution is -2.27. The molecule has 0 aliphatic heterocycles. The molecule has 0 fully saturated rings. The Kier molecular flexibility index (Phi) is 6.47. The van der Waals surface area contributed by atoms with Crippen LogP contribution in [-0.4, -0.2) is 35.3 Å². The van der Waals surface area contributed by atoms with Gasteiger partial charge in [0, 0.05) is 18.1 Å². The zero-order valence-corrected chi connectivity index (χ0v) is 11.4. The molecule has 0 heterocycles. The molecular formula is C13H25NOS. The molecule has 94 valence electrons. The fourth-order valence-electron chi connectivity index (χ4n) is 1.81. The second kappa shape index (κ2) is 7.36. The molecule has 0 saturated heterocycles. The molecule has 0 saturated carbocycles. The predicted octanol–water partition coefficient (Wildman–Crippen LogP) is 2.44. The standard InChI is InChI=1S/C13H25NOS/c1-13(2,15)11-16-9-8-14-10-12-6-4-3-5-7-12/h3-4,12,14-15H,5-11H2,1-2H3/t12-/m1/s1. The summed E-state index contributed by atoms with van der Waals surface area (Å²) in [5.41, 5.74) is -0.529. The van der Waals surface area contributed by atoms with E-state index in [2.05, 4.69) is 17.5 Å². The highest BCUT2D eigenvalue weighted by molar-refractivity contribution is 7.99. The second-order valence-corrected chi connectivity index (χ2v) is 6.32. The Balaban J connectivity index is 1.90. The molecule has 0 spiro atoms. The largest absolute Gasteiger partial charge is 0.390 e. The zero-order valence-electron chi connectivity index (χ0n) is 10.5. The van der Waals surface area contributed by atoms with E-state index in [1.807, 2.05) is 25.6 Å². The molecule has 2 nitrogen and oxygen atoms in total. The van der Waals surface area contributed by atoms with Crippen LogP contribution in [0.1, 0.15) is 33.1 Å². The third-order valence-electron chi connectivity index (χ3n) is 2.69. The van der Waals surface area contributed by atoms with Crippen LogP contribution in [0.2, 0.25) is 0 Å². The molecule has 2 N–H and O–H groups in total. The monoisotopic (exact) mass is 243 g/mol. The van der Waals surface area contributed by atoms with Crippen LogP contribution in [-0.2, 0) is 0 Å². The maximum Gasteiger partial charge on any atom is 0.0681 e. The lowest BCUT2D eigenvalue weighted by Gasteiger charge is -2.19. The van der Waals surface area contributed by atoms with Crippen molar-refractivity contribution in [2.75, 3.05) is 24.6 Å². The lowest BCUT2D eigenvalue weighted by molar-refractivity contribution is 0.107. The van der Waals surface area contributed by atoms with Gasteiger partial charge in [-0.05, 0) is 45.6 Å². The molecule has 3 heteroatoms. The Morgan fingerprint density at radius 1 is 1.44 bits per heavy atom. The van der Waals surface area contributed by atoms with E-state index in [4.69, 9.17) is 0 Å². The maximum atomic E-state index is 9.53. The SMILES string of the molecule is CC(C)(O)CSCCNC[C@@H]1CC=CCC1. The van der Waals surface area contributed by atoms with Gasteiger partial charge in [0.2, 0.25) is 0 Å². The van der Waals surface area contributed by atoms with Crippen molar-refractivity contribution in [1.82, 2.24) is 5.32 Å². The van der Waals surface area contributed by atoms with Crippen molar-refractivity contribution in [2.45, 2.75) is 38.7 Å². The van der Waals surface area contributed by atoms with Crippen LogP contribution >= 0.6 is 11.8 Å².